The molecule has 1 aliphatic rings. The first-order valence-corrected chi connectivity index (χ1v) is 11.1. The van der Waals surface area contributed by atoms with Crippen LogP contribution < -0.4 is 4.18 Å². The highest BCUT2D eigenvalue weighted by Crippen LogP contribution is 2.31. The normalized spacial score (nSPS) is 18.4. The van der Waals surface area contributed by atoms with Crippen LogP contribution in [0.25, 0.3) is 0 Å². The van der Waals surface area contributed by atoms with Crippen LogP contribution in [0.4, 0.5) is 0 Å². The van der Waals surface area contributed by atoms with E-state index in [1.54, 1.807) is 12.1 Å². The maximum Gasteiger partial charge on any atom is 0.306 e. The molecular formula is C15H22O6S2. The van der Waals surface area contributed by atoms with Crippen LogP contribution in [-0.2, 0) is 37.3 Å². The number of hydrogen-bond acceptors (Lipinski definition) is 6. The predicted molar refractivity (Wildman–Crippen MR) is 87.5 cm³/mol. The van der Waals surface area contributed by atoms with Gasteiger partial charge in [0.1, 0.15) is 5.75 Å². The summed E-state index contributed by atoms with van der Waals surface area (Å²) in [4.78, 5) is 0. The van der Waals surface area contributed by atoms with Crippen molar-refractivity contribution in [3.05, 3.63) is 29.3 Å². The van der Waals surface area contributed by atoms with Gasteiger partial charge < -0.3 is 4.18 Å². The fourth-order valence-electron chi connectivity index (χ4n) is 2.86. The quantitative estimate of drug-likeness (QED) is 0.544. The van der Waals surface area contributed by atoms with Crippen molar-refractivity contribution in [3.8, 4) is 5.75 Å². The number of aryl methyl sites for hydroxylation is 1. The molecule has 0 N–H and O–H groups in total. The van der Waals surface area contributed by atoms with Gasteiger partial charge in [0, 0.05) is 0 Å². The van der Waals surface area contributed by atoms with E-state index in [2.05, 4.69) is 0 Å². The molecule has 1 atom stereocenters. The molecule has 2 rings (SSSR count). The van der Waals surface area contributed by atoms with Gasteiger partial charge in [-0.05, 0) is 61.3 Å². The van der Waals surface area contributed by atoms with Crippen molar-refractivity contribution in [3.63, 3.8) is 0 Å². The minimum atomic E-state index is -3.50. The summed E-state index contributed by atoms with van der Waals surface area (Å²) in [6.07, 6.45) is 6.48. The van der Waals surface area contributed by atoms with Gasteiger partial charge in [-0.15, -0.1) is 0 Å². The second-order valence-electron chi connectivity index (χ2n) is 6.00. The molecule has 0 fully saturated rings. The van der Waals surface area contributed by atoms with E-state index in [1.165, 1.54) is 5.56 Å². The molecule has 0 saturated heterocycles. The van der Waals surface area contributed by atoms with Gasteiger partial charge in [-0.3, -0.25) is 4.18 Å². The van der Waals surface area contributed by atoms with E-state index >= 15 is 0 Å². The van der Waals surface area contributed by atoms with Gasteiger partial charge in [-0.2, -0.15) is 16.8 Å². The minimum Gasteiger partial charge on any atom is -0.383 e. The Morgan fingerprint density at radius 3 is 2.48 bits per heavy atom. The molecular weight excluding hydrogens is 340 g/mol. The van der Waals surface area contributed by atoms with Crippen LogP contribution in [0.2, 0.25) is 0 Å². The average Bonchev–Trinajstić information content (AvgIpc) is 2.41. The molecule has 130 valence electrons. The SMILES string of the molecule is CS(=O)(=O)OCCCC1CCc2cc(OS(C)(=O)=O)ccc2C1. The van der Waals surface area contributed by atoms with Crippen molar-refractivity contribution < 1.29 is 25.2 Å². The third-order valence-electron chi connectivity index (χ3n) is 3.81. The summed E-state index contributed by atoms with van der Waals surface area (Å²) in [5.74, 6) is 0.846. The fourth-order valence-corrected chi connectivity index (χ4v) is 3.74. The molecule has 1 unspecified atom stereocenters. The molecule has 1 aromatic rings. The molecule has 0 aromatic heterocycles. The maximum atomic E-state index is 11.2. The Labute approximate surface area is 138 Å². The first-order chi connectivity index (χ1) is 10.6. The molecule has 0 bridgehead atoms. The monoisotopic (exact) mass is 362 g/mol. The molecule has 0 saturated carbocycles. The summed E-state index contributed by atoms with van der Waals surface area (Å²) in [6.45, 7) is 0.226. The lowest BCUT2D eigenvalue weighted by molar-refractivity contribution is 0.291. The van der Waals surface area contributed by atoms with E-state index in [4.69, 9.17) is 8.37 Å². The van der Waals surface area contributed by atoms with E-state index in [0.29, 0.717) is 18.1 Å². The second-order valence-corrected chi connectivity index (χ2v) is 9.21. The molecule has 0 aliphatic heterocycles. The summed E-state index contributed by atoms with van der Waals surface area (Å²) >= 11 is 0. The zero-order chi connectivity index (χ0) is 17.1. The van der Waals surface area contributed by atoms with Gasteiger partial charge in [-0.25, -0.2) is 0 Å². The van der Waals surface area contributed by atoms with Gasteiger partial charge in [0.15, 0.2) is 0 Å². The molecule has 0 amide bonds. The third-order valence-corrected chi connectivity index (χ3v) is 4.90. The van der Waals surface area contributed by atoms with Gasteiger partial charge in [0.25, 0.3) is 10.1 Å². The Morgan fingerprint density at radius 2 is 1.83 bits per heavy atom. The molecule has 6 nitrogen and oxygen atoms in total. The topological polar surface area (TPSA) is 86.7 Å². The number of rotatable bonds is 7. The smallest absolute Gasteiger partial charge is 0.306 e. The summed E-state index contributed by atoms with van der Waals surface area (Å²) in [5, 5.41) is 0. The van der Waals surface area contributed by atoms with Crippen LogP contribution in [0.5, 0.6) is 5.75 Å². The average molecular weight is 362 g/mol. The standard InChI is InChI=1S/C15H22O6S2/c1-22(16,17)20-9-3-4-12-5-6-14-11-15(21-23(2,18)19)8-7-13(14)10-12/h7-8,11-12H,3-6,9-10H2,1-2H3. The van der Waals surface area contributed by atoms with E-state index < -0.39 is 20.2 Å². The highest BCUT2D eigenvalue weighted by molar-refractivity contribution is 7.86. The second kappa shape index (κ2) is 7.19. The maximum absolute atomic E-state index is 11.2. The molecule has 0 spiro atoms. The van der Waals surface area contributed by atoms with E-state index in [1.807, 2.05) is 6.07 Å². The largest absolute Gasteiger partial charge is 0.383 e. The first-order valence-electron chi connectivity index (χ1n) is 7.48. The van der Waals surface area contributed by atoms with Crippen molar-refractivity contribution in [1.29, 1.82) is 0 Å². The van der Waals surface area contributed by atoms with Gasteiger partial charge >= 0.3 is 10.1 Å². The van der Waals surface area contributed by atoms with Crippen LogP contribution in [0.1, 0.15) is 30.4 Å². The minimum absolute atomic E-state index is 0.226. The lowest BCUT2D eigenvalue weighted by Crippen LogP contribution is -2.16. The lowest BCUT2D eigenvalue weighted by Gasteiger charge is -2.25. The fraction of sp³-hybridized carbons (Fsp3) is 0.600. The molecule has 8 heteroatoms. The molecule has 1 aromatic carbocycles. The molecule has 23 heavy (non-hydrogen) atoms. The zero-order valence-corrected chi connectivity index (χ0v) is 15.0. The number of hydrogen-bond donors (Lipinski definition) is 0. The molecule has 0 heterocycles. The Hall–Kier alpha value is -1.12. The Bertz CT molecular complexity index is 752. The van der Waals surface area contributed by atoms with Crippen molar-refractivity contribution >= 4 is 20.2 Å². The van der Waals surface area contributed by atoms with E-state index in [-0.39, 0.29) is 6.61 Å². The summed E-state index contributed by atoms with van der Waals surface area (Å²) < 4.78 is 53.8. The summed E-state index contributed by atoms with van der Waals surface area (Å²) in [6, 6.07) is 5.38. The van der Waals surface area contributed by atoms with Crippen LogP contribution >= 0.6 is 0 Å². The lowest BCUT2D eigenvalue weighted by atomic mass is 9.81. The Morgan fingerprint density at radius 1 is 1.09 bits per heavy atom. The zero-order valence-electron chi connectivity index (χ0n) is 13.3. The van der Waals surface area contributed by atoms with E-state index in [0.717, 1.165) is 43.8 Å². The Balaban J connectivity index is 1.89. The number of benzene rings is 1. The van der Waals surface area contributed by atoms with Crippen molar-refractivity contribution in [2.75, 3.05) is 19.1 Å². The summed E-state index contributed by atoms with van der Waals surface area (Å²) in [7, 11) is -6.86. The van der Waals surface area contributed by atoms with Gasteiger partial charge in [-0.1, -0.05) is 6.07 Å². The third kappa shape index (κ3) is 6.48. The van der Waals surface area contributed by atoms with E-state index in [9.17, 15) is 16.8 Å². The van der Waals surface area contributed by atoms with Crippen LogP contribution in [0, 0.1) is 5.92 Å². The Kier molecular flexibility index (Phi) is 5.70. The van der Waals surface area contributed by atoms with Crippen molar-refractivity contribution in [1.82, 2.24) is 0 Å². The first kappa shape index (κ1) is 18.2. The van der Waals surface area contributed by atoms with Crippen LogP contribution in [0.15, 0.2) is 18.2 Å². The highest BCUT2D eigenvalue weighted by atomic mass is 32.2. The van der Waals surface area contributed by atoms with Crippen molar-refractivity contribution in [2.45, 2.75) is 32.1 Å². The molecule has 1 aliphatic carbocycles. The predicted octanol–water partition coefficient (Wildman–Crippen LogP) is 1.89. The van der Waals surface area contributed by atoms with Crippen LogP contribution in [0.3, 0.4) is 0 Å². The highest BCUT2D eigenvalue weighted by Gasteiger charge is 2.19. The van der Waals surface area contributed by atoms with Crippen molar-refractivity contribution in [2.24, 2.45) is 5.92 Å². The van der Waals surface area contributed by atoms with Crippen LogP contribution in [-0.4, -0.2) is 36.0 Å². The van der Waals surface area contributed by atoms with Gasteiger partial charge in [0.2, 0.25) is 0 Å². The number of fused-ring (bicyclic) bond motifs is 1. The molecule has 0 radical (unpaired) electrons. The van der Waals surface area contributed by atoms with Gasteiger partial charge in [0.05, 0.1) is 19.1 Å². The summed E-state index contributed by atoms with van der Waals surface area (Å²) in [5.41, 5.74) is 2.32.